The van der Waals surface area contributed by atoms with Crippen LogP contribution in [0.4, 0.5) is 4.39 Å². The highest BCUT2D eigenvalue weighted by atomic mass is 19.1. The number of fused-ring (bicyclic) bond motifs is 1. The summed E-state index contributed by atoms with van der Waals surface area (Å²) in [6.45, 7) is 3.03. The van der Waals surface area contributed by atoms with E-state index in [-0.39, 0.29) is 24.2 Å². The highest BCUT2D eigenvalue weighted by molar-refractivity contribution is 5.99. The van der Waals surface area contributed by atoms with Crippen molar-refractivity contribution in [1.82, 2.24) is 10.2 Å². The average molecular weight is 743 g/mol. The smallest absolute Gasteiger partial charge is 0.326 e. The molecule has 1 unspecified atom stereocenters. The molecule has 0 aromatic heterocycles. The summed E-state index contributed by atoms with van der Waals surface area (Å²) in [5.41, 5.74) is 2.61. The quantitative estimate of drug-likeness (QED) is 0.0874. The summed E-state index contributed by atoms with van der Waals surface area (Å²) in [6, 6.07) is 39.8. The third-order valence-electron chi connectivity index (χ3n) is 11.1. The number of amides is 1. The van der Waals surface area contributed by atoms with Crippen molar-refractivity contribution in [2.75, 3.05) is 20.3 Å². The second-order valence-corrected chi connectivity index (χ2v) is 14.6. The first-order valence-electron chi connectivity index (χ1n) is 19.0. The average Bonchev–Trinajstić information content (AvgIpc) is 3.55. The first-order chi connectivity index (χ1) is 26.8. The van der Waals surface area contributed by atoms with E-state index in [0.717, 1.165) is 42.4 Å². The maximum Gasteiger partial charge on any atom is 0.326 e. The third kappa shape index (κ3) is 8.08. The first-order valence-corrected chi connectivity index (χ1v) is 19.0. The number of phenols is 1. The molecule has 1 aliphatic heterocycles. The van der Waals surface area contributed by atoms with Crippen molar-refractivity contribution in [3.63, 3.8) is 0 Å². The number of ether oxygens (including phenoxy) is 3. The highest BCUT2D eigenvalue weighted by Gasteiger charge is 2.41. The lowest BCUT2D eigenvalue weighted by molar-refractivity contribution is -0.144. The largest absolute Gasteiger partial charge is 0.505 e. The van der Waals surface area contributed by atoms with Crippen LogP contribution in [-0.4, -0.2) is 54.3 Å². The summed E-state index contributed by atoms with van der Waals surface area (Å²) >= 11 is 0. The summed E-state index contributed by atoms with van der Waals surface area (Å²) in [5.74, 6) is -0.231. The number of carbonyl (C=O) groups excluding carboxylic acids is 2. The number of aromatic hydroxyl groups is 1. The van der Waals surface area contributed by atoms with Crippen LogP contribution in [0.5, 0.6) is 17.2 Å². The van der Waals surface area contributed by atoms with E-state index >= 15 is 0 Å². The van der Waals surface area contributed by atoms with Gasteiger partial charge in [0.2, 0.25) is 0 Å². The Morgan fingerprint density at radius 1 is 0.836 bits per heavy atom. The van der Waals surface area contributed by atoms with Crippen LogP contribution < -0.4 is 14.8 Å². The lowest BCUT2D eigenvalue weighted by Gasteiger charge is -2.39. The van der Waals surface area contributed by atoms with E-state index in [1.165, 1.54) is 13.2 Å². The van der Waals surface area contributed by atoms with Crippen LogP contribution in [0.25, 0.3) is 0 Å². The molecule has 1 aliphatic carbocycles. The van der Waals surface area contributed by atoms with Crippen LogP contribution in [0.2, 0.25) is 0 Å². The van der Waals surface area contributed by atoms with Crippen molar-refractivity contribution in [3.8, 4) is 17.2 Å². The van der Waals surface area contributed by atoms with E-state index < -0.39 is 29.1 Å². The summed E-state index contributed by atoms with van der Waals surface area (Å²) in [4.78, 5) is 28.1. The molecule has 2 aliphatic rings. The fourth-order valence-corrected chi connectivity index (χ4v) is 8.22. The first kappa shape index (κ1) is 37.6. The van der Waals surface area contributed by atoms with E-state index in [2.05, 4.69) is 48.6 Å². The van der Waals surface area contributed by atoms with E-state index in [1.54, 1.807) is 11.0 Å². The molecule has 5 aromatic carbocycles. The number of hydrogen-bond donors (Lipinski definition) is 2. The molecular formula is C46H47FN2O6. The number of phenolic OH excluding ortho intramolecular Hbond substituents is 1. The Hall–Kier alpha value is -5.67. The van der Waals surface area contributed by atoms with Crippen LogP contribution in [0, 0.1) is 17.7 Å². The Bertz CT molecular complexity index is 1970. The van der Waals surface area contributed by atoms with Gasteiger partial charge in [-0.2, -0.15) is 0 Å². The zero-order chi connectivity index (χ0) is 38.4. The monoisotopic (exact) mass is 742 g/mol. The topological polar surface area (TPSA) is 97.3 Å². The number of rotatable bonds is 14. The normalized spacial score (nSPS) is 17.9. The van der Waals surface area contributed by atoms with Gasteiger partial charge in [-0.1, -0.05) is 103 Å². The molecule has 9 heteroatoms. The Morgan fingerprint density at radius 2 is 1.42 bits per heavy atom. The molecule has 1 amide bonds. The molecule has 7 rings (SSSR count). The maximum atomic E-state index is 14.5. The molecule has 284 valence electrons. The number of nitrogens with one attached hydrogen (secondary N) is 1. The number of nitrogens with zero attached hydrogens (tertiary/aromatic N) is 1. The number of benzene rings is 5. The van der Waals surface area contributed by atoms with Crippen LogP contribution in [0.3, 0.4) is 0 Å². The Balaban J connectivity index is 1.000. The van der Waals surface area contributed by atoms with Gasteiger partial charge in [-0.15, -0.1) is 0 Å². The summed E-state index contributed by atoms with van der Waals surface area (Å²) < 4.78 is 32.6. The van der Waals surface area contributed by atoms with Gasteiger partial charge < -0.3 is 24.2 Å². The summed E-state index contributed by atoms with van der Waals surface area (Å²) in [7, 11) is 1.38. The molecular weight excluding hydrogens is 696 g/mol. The van der Waals surface area contributed by atoms with Crippen molar-refractivity contribution in [3.05, 3.63) is 161 Å². The van der Waals surface area contributed by atoms with Crippen molar-refractivity contribution in [1.29, 1.82) is 0 Å². The van der Waals surface area contributed by atoms with Gasteiger partial charge in [-0.3, -0.25) is 14.9 Å². The van der Waals surface area contributed by atoms with Crippen LogP contribution in [0.15, 0.2) is 127 Å². The van der Waals surface area contributed by atoms with Gasteiger partial charge in [0.25, 0.3) is 5.91 Å². The van der Waals surface area contributed by atoms with Gasteiger partial charge >= 0.3 is 5.97 Å². The van der Waals surface area contributed by atoms with Crippen LogP contribution in [-0.2, 0) is 21.6 Å². The zero-order valence-corrected chi connectivity index (χ0v) is 31.2. The molecule has 1 heterocycles. The molecule has 55 heavy (non-hydrogen) atoms. The molecule has 0 radical (unpaired) electrons. The number of halogens is 1. The molecule has 2 N–H and O–H groups in total. The minimum Gasteiger partial charge on any atom is -0.505 e. The van der Waals surface area contributed by atoms with Gasteiger partial charge in [0.05, 0.1) is 24.3 Å². The molecule has 2 atom stereocenters. The van der Waals surface area contributed by atoms with Gasteiger partial charge in [0.1, 0.15) is 24.1 Å². The van der Waals surface area contributed by atoms with E-state index in [1.807, 2.05) is 78.9 Å². The second kappa shape index (κ2) is 16.8. The number of esters is 1. The fraction of sp³-hybridized carbons (Fsp3) is 0.304. The van der Waals surface area contributed by atoms with Crippen molar-refractivity contribution < 1.29 is 33.3 Å². The Morgan fingerprint density at radius 3 is 2.00 bits per heavy atom. The molecule has 1 saturated carbocycles. The lowest BCUT2D eigenvalue weighted by Crippen LogP contribution is -2.55. The number of hydrogen-bond acceptors (Lipinski definition) is 7. The summed E-state index contributed by atoms with van der Waals surface area (Å²) in [5, 5.41) is 13.4. The third-order valence-corrected chi connectivity index (χ3v) is 11.1. The van der Waals surface area contributed by atoms with Crippen LogP contribution >= 0.6 is 0 Å². The highest BCUT2D eigenvalue weighted by Crippen LogP contribution is 2.39. The van der Waals surface area contributed by atoms with Gasteiger partial charge in [-0.05, 0) is 84.9 Å². The molecule has 0 spiro atoms. The second-order valence-electron chi connectivity index (χ2n) is 14.6. The molecule has 1 fully saturated rings. The fourth-order valence-electron chi connectivity index (χ4n) is 8.22. The van der Waals surface area contributed by atoms with Crippen molar-refractivity contribution >= 4 is 11.9 Å². The Kier molecular flexibility index (Phi) is 11.5. The standard InChI is InChI=1S/C46H47FN2O6/c1-31(33-23-21-32(22-24-33)28-49-29-34-25-26-41(50)43(47)42(34)44(49)51)55-39-20-12-19-38(27-39)54-30-40(45(52)53-2)48-46(35-13-6-3-7-14-35,36-15-8-4-9-16-36)37-17-10-5-11-18-37/h3-20,25-27,31-33,40,48,50H,21-24,28-30H2,1-2H3/t31?,32-,33-,40-/m0/s1. The molecule has 0 bridgehead atoms. The maximum absolute atomic E-state index is 14.5. The van der Waals surface area contributed by atoms with Crippen molar-refractivity contribution in [2.24, 2.45) is 11.8 Å². The molecule has 5 aromatic rings. The predicted molar refractivity (Wildman–Crippen MR) is 208 cm³/mol. The summed E-state index contributed by atoms with van der Waals surface area (Å²) in [6.07, 6.45) is 3.72. The molecule has 8 nitrogen and oxygen atoms in total. The van der Waals surface area contributed by atoms with Gasteiger partial charge in [-0.25, -0.2) is 4.39 Å². The van der Waals surface area contributed by atoms with E-state index in [4.69, 9.17) is 14.2 Å². The van der Waals surface area contributed by atoms with E-state index in [9.17, 15) is 19.1 Å². The predicted octanol–water partition coefficient (Wildman–Crippen LogP) is 8.26. The zero-order valence-electron chi connectivity index (χ0n) is 31.2. The van der Waals surface area contributed by atoms with Crippen molar-refractivity contribution in [2.45, 2.75) is 56.8 Å². The van der Waals surface area contributed by atoms with Crippen LogP contribution in [0.1, 0.15) is 65.2 Å². The van der Waals surface area contributed by atoms with Gasteiger partial charge in [0.15, 0.2) is 11.6 Å². The SMILES string of the molecule is COC(=O)[C@H](COc1cccc(OC(C)[C@H]2CC[C@H](CN3Cc4ccc(O)c(F)c4C3=O)CC2)c1)NC(c1ccccc1)(c1ccccc1)c1ccccc1. The number of carbonyl (C=O) groups is 2. The Labute approximate surface area is 321 Å². The lowest BCUT2D eigenvalue weighted by atomic mass is 9.76. The van der Waals surface area contributed by atoms with Gasteiger partial charge in [0, 0.05) is 19.2 Å². The minimum atomic E-state index is -0.900. The van der Waals surface area contributed by atoms with E-state index in [0.29, 0.717) is 42.0 Å². The molecule has 0 saturated heterocycles. The number of methoxy groups -OCH3 is 1. The minimum absolute atomic E-state index is 0.00124.